The third kappa shape index (κ3) is 4.36. The lowest BCUT2D eigenvalue weighted by Gasteiger charge is -2.08. The molecular weight excluding hydrogens is 330 g/mol. The molecule has 3 aromatic rings. The van der Waals surface area contributed by atoms with E-state index in [1.54, 1.807) is 41.3 Å². The van der Waals surface area contributed by atoms with Gasteiger partial charge in [-0.15, -0.1) is 0 Å². The van der Waals surface area contributed by atoms with Crippen molar-refractivity contribution in [3.05, 3.63) is 78.1 Å². The smallest absolute Gasteiger partial charge is 0.175 e. The maximum Gasteiger partial charge on any atom is 0.175 e. The van der Waals surface area contributed by atoms with Gasteiger partial charge in [0.25, 0.3) is 0 Å². The summed E-state index contributed by atoms with van der Waals surface area (Å²) in [6.45, 7) is 0.520. The molecule has 24 heavy (non-hydrogen) atoms. The minimum absolute atomic E-state index is 0.268. The Morgan fingerprint density at radius 2 is 1.75 bits per heavy atom. The van der Waals surface area contributed by atoms with Crippen LogP contribution in [-0.4, -0.2) is 14.9 Å². The molecule has 0 spiro atoms. The summed E-state index contributed by atoms with van der Waals surface area (Å²) in [4.78, 5) is 0. The molecule has 0 saturated heterocycles. The first-order valence-corrected chi connectivity index (χ1v) is 7.60. The van der Waals surface area contributed by atoms with Gasteiger partial charge in [-0.3, -0.25) is 4.68 Å². The van der Waals surface area contributed by atoms with Crippen LogP contribution in [-0.2, 0) is 6.54 Å². The van der Waals surface area contributed by atoms with Gasteiger partial charge in [0, 0.05) is 11.9 Å². The van der Waals surface area contributed by atoms with Crippen molar-refractivity contribution in [2.75, 3.05) is 10.6 Å². The van der Waals surface area contributed by atoms with Crippen molar-refractivity contribution in [1.82, 2.24) is 9.78 Å². The topological polar surface area (TPSA) is 41.9 Å². The van der Waals surface area contributed by atoms with Gasteiger partial charge >= 0.3 is 0 Å². The monoisotopic (exact) mass is 344 g/mol. The van der Waals surface area contributed by atoms with Gasteiger partial charge in [0.2, 0.25) is 0 Å². The molecule has 0 amide bonds. The first-order chi connectivity index (χ1) is 11.6. The molecule has 0 fully saturated rings. The average Bonchev–Trinajstić information content (AvgIpc) is 2.96. The molecule has 2 N–H and O–H groups in total. The van der Waals surface area contributed by atoms with Crippen molar-refractivity contribution in [1.29, 1.82) is 0 Å². The Hall–Kier alpha value is -2.80. The zero-order valence-corrected chi connectivity index (χ0v) is 13.4. The van der Waals surface area contributed by atoms with Gasteiger partial charge in [0.15, 0.2) is 5.11 Å². The third-order valence-electron chi connectivity index (χ3n) is 3.23. The molecule has 2 aromatic carbocycles. The van der Waals surface area contributed by atoms with Gasteiger partial charge in [-0.05, 0) is 48.1 Å². The standard InChI is InChI=1S/C17H14F2N4S/c18-13-6-4-12(5-7-13)10-23-11-16(9-20-23)22-17(24)21-15-3-1-2-14(19)8-15/h1-9,11H,10H2,(H2,21,22,24). The molecule has 3 rings (SSSR count). The van der Waals surface area contributed by atoms with E-state index >= 15 is 0 Å². The van der Waals surface area contributed by atoms with Crippen LogP contribution >= 0.6 is 12.2 Å². The van der Waals surface area contributed by atoms with E-state index in [1.807, 2.05) is 0 Å². The van der Waals surface area contributed by atoms with Crippen LogP contribution in [0.1, 0.15) is 5.56 Å². The van der Waals surface area contributed by atoms with E-state index in [0.29, 0.717) is 23.0 Å². The SMILES string of the molecule is Fc1ccc(Cn2cc(NC(=S)Nc3cccc(F)c3)cn2)cc1. The largest absolute Gasteiger partial charge is 0.332 e. The minimum atomic E-state index is -0.338. The number of nitrogens with zero attached hydrogens (tertiary/aromatic N) is 2. The van der Waals surface area contributed by atoms with E-state index in [-0.39, 0.29) is 11.6 Å². The van der Waals surface area contributed by atoms with E-state index in [4.69, 9.17) is 12.2 Å². The summed E-state index contributed by atoms with van der Waals surface area (Å²) in [5.74, 6) is -0.606. The van der Waals surface area contributed by atoms with Crippen LogP contribution in [0.2, 0.25) is 0 Å². The number of halogens is 2. The van der Waals surface area contributed by atoms with Crippen molar-refractivity contribution in [2.24, 2.45) is 0 Å². The molecular formula is C17H14F2N4S. The van der Waals surface area contributed by atoms with Crippen LogP contribution in [0.25, 0.3) is 0 Å². The predicted molar refractivity (Wildman–Crippen MR) is 94.0 cm³/mol. The molecule has 0 atom stereocenters. The Bertz CT molecular complexity index is 846. The highest BCUT2D eigenvalue weighted by molar-refractivity contribution is 7.80. The van der Waals surface area contributed by atoms with Crippen molar-refractivity contribution < 1.29 is 8.78 Å². The lowest BCUT2D eigenvalue weighted by molar-refractivity contribution is 0.624. The molecule has 4 nitrogen and oxygen atoms in total. The fourth-order valence-electron chi connectivity index (χ4n) is 2.15. The summed E-state index contributed by atoms with van der Waals surface area (Å²) in [6.07, 6.45) is 3.41. The van der Waals surface area contributed by atoms with Gasteiger partial charge in [0.05, 0.1) is 18.4 Å². The second-order valence-electron chi connectivity index (χ2n) is 5.14. The van der Waals surface area contributed by atoms with Gasteiger partial charge in [-0.25, -0.2) is 8.78 Å². The van der Waals surface area contributed by atoms with Crippen molar-refractivity contribution >= 4 is 28.7 Å². The number of nitrogens with one attached hydrogen (secondary N) is 2. The predicted octanol–water partition coefficient (Wildman–Crippen LogP) is 4.02. The molecule has 0 unspecified atom stereocenters. The molecule has 1 aromatic heterocycles. The Morgan fingerprint density at radius 1 is 1.00 bits per heavy atom. The number of hydrogen-bond acceptors (Lipinski definition) is 2. The summed E-state index contributed by atoms with van der Waals surface area (Å²) in [6, 6.07) is 12.3. The summed E-state index contributed by atoms with van der Waals surface area (Å²) >= 11 is 5.19. The maximum absolute atomic E-state index is 13.1. The first kappa shape index (κ1) is 16.1. The summed E-state index contributed by atoms with van der Waals surface area (Å²) in [5.41, 5.74) is 2.20. The highest BCUT2D eigenvalue weighted by atomic mass is 32.1. The third-order valence-corrected chi connectivity index (χ3v) is 3.44. The summed E-state index contributed by atoms with van der Waals surface area (Å²) in [7, 11) is 0. The Morgan fingerprint density at radius 3 is 2.50 bits per heavy atom. The Labute approximate surface area is 143 Å². The number of rotatable bonds is 4. The second-order valence-corrected chi connectivity index (χ2v) is 5.55. The lowest BCUT2D eigenvalue weighted by atomic mass is 10.2. The maximum atomic E-state index is 13.1. The minimum Gasteiger partial charge on any atom is -0.332 e. The summed E-state index contributed by atoms with van der Waals surface area (Å²) < 4.78 is 27.7. The van der Waals surface area contributed by atoms with Crippen LogP contribution in [0.15, 0.2) is 60.9 Å². The van der Waals surface area contributed by atoms with E-state index in [2.05, 4.69) is 15.7 Å². The highest BCUT2D eigenvalue weighted by Crippen LogP contribution is 2.12. The number of benzene rings is 2. The molecule has 122 valence electrons. The number of hydrogen-bond donors (Lipinski definition) is 2. The van der Waals surface area contributed by atoms with Gasteiger partial charge < -0.3 is 10.6 Å². The molecule has 0 aliphatic rings. The Kier molecular flexibility index (Phi) is 4.81. The van der Waals surface area contributed by atoms with Crippen molar-refractivity contribution in [3.63, 3.8) is 0 Å². The fourth-order valence-corrected chi connectivity index (χ4v) is 2.39. The van der Waals surface area contributed by atoms with Crippen LogP contribution in [0, 0.1) is 11.6 Å². The van der Waals surface area contributed by atoms with Gasteiger partial charge in [0.1, 0.15) is 11.6 Å². The molecule has 0 saturated carbocycles. The van der Waals surface area contributed by atoms with Crippen molar-refractivity contribution in [2.45, 2.75) is 6.54 Å². The molecule has 0 aliphatic carbocycles. The van der Waals surface area contributed by atoms with E-state index in [9.17, 15) is 8.78 Å². The molecule has 0 bridgehead atoms. The highest BCUT2D eigenvalue weighted by Gasteiger charge is 2.03. The number of aromatic nitrogens is 2. The molecule has 0 radical (unpaired) electrons. The average molecular weight is 344 g/mol. The van der Waals surface area contributed by atoms with Crippen LogP contribution < -0.4 is 10.6 Å². The lowest BCUT2D eigenvalue weighted by Crippen LogP contribution is -2.18. The quantitative estimate of drug-likeness (QED) is 0.702. The summed E-state index contributed by atoms with van der Waals surface area (Å²) in [5, 5.41) is 10.4. The normalized spacial score (nSPS) is 10.4. The van der Waals surface area contributed by atoms with E-state index in [0.717, 1.165) is 5.56 Å². The second kappa shape index (κ2) is 7.18. The molecule has 0 aliphatic heterocycles. The van der Waals surface area contributed by atoms with Gasteiger partial charge in [-0.2, -0.15) is 5.10 Å². The van der Waals surface area contributed by atoms with Crippen LogP contribution in [0.4, 0.5) is 20.2 Å². The first-order valence-electron chi connectivity index (χ1n) is 7.19. The van der Waals surface area contributed by atoms with Crippen LogP contribution in [0.5, 0.6) is 0 Å². The van der Waals surface area contributed by atoms with Crippen LogP contribution in [0.3, 0.4) is 0 Å². The zero-order chi connectivity index (χ0) is 16.9. The van der Waals surface area contributed by atoms with E-state index in [1.165, 1.54) is 24.3 Å². The Balaban J connectivity index is 1.59. The number of anilines is 2. The van der Waals surface area contributed by atoms with Gasteiger partial charge in [-0.1, -0.05) is 18.2 Å². The molecule has 1 heterocycles. The van der Waals surface area contributed by atoms with Crippen molar-refractivity contribution in [3.8, 4) is 0 Å². The van der Waals surface area contributed by atoms with E-state index < -0.39 is 0 Å². The number of thiocarbonyl (C=S) groups is 1. The fraction of sp³-hybridized carbons (Fsp3) is 0.0588. The molecule has 7 heteroatoms. The zero-order valence-electron chi connectivity index (χ0n) is 12.5.